The molecule has 0 saturated carbocycles. The number of hydrazine groups is 1. The second-order valence-corrected chi connectivity index (χ2v) is 9.11. The third-order valence-corrected chi connectivity index (χ3v) is 6.41. The Hall–Kier alpha value is -1.62. The van der Waals surface area contributed by atoms with E-state index in [9.17, 15) is 5.26 Å². The predicted octanol–water partition coefficient (Wildman–Crippen LogP) is 6.13. The molecule has 3 rings (SSSR count). The smallest absolute Gasteiger partial charge is 0.0974 e. The highest BCUT2D eigenvalue weighted by molar-refractivity contribution is 7.80. The van der Waals surface area contributed by atoms with Crippen LogP contribution in [0.15, 0.2) is 41.3 Å². The van der Waals surface area contributed by atoms with Crippen LogP contribution in [0.25, 0.3) is 5.70 Å². The first kappa shape index (κ1) is 22.1. The van der Waals surface area contributed by atoms with E-state index in [0.717, 1.165) is 42.2 Å². The molecule has 8 heteroatoms. The van der Waals surface area contributed by atoms with Crippen molar-refractivity contribution in [2.45, 2.75) is 25.7 Å². The molecule has 1 aliphatic rings. The summed E-state index contributed by atoms with van der Waals surface area (Å²) in [7, 11) is 1.91. The van der Waals surface area contributed by atoms with Crippen LogP contribution in [-0.2, 0) is 0 Å². The molecule has 1 aromatic carbocycles. The fraction of sp³-hybridized carbons (Fsp3) is 0.333. The number of anilines is 1. The molecule has 4 nitrogen and oxygen atoms in total. The number of benzene rings is 1. The molecule has 0 spiro atoms. The van der Waals surface area contributed by atoms with Crippen LogP contribution in [-0.4, -0.2) is 30.1 Å². The minimum Gasteiger partial charge on any atom is -0.341 e. The largest absolute Gasteiger partial charge is 0.341 e. The maximum absolute atomic E-state index is 9.97. The standard InChI is InChI=1S/C21H22Cl2N4S2/c1-26(18-8-7-16(22)13-17(18)23)21(19-6-5-11-29-19)15(14-24)12-20(28)25-27-9-3-2-4-10-27/h5-8,11,13H,2-4,9-10,12H2,1H3,(H,25,28)/b21-15+. The summed E-state index contributed by atoms with van der Waals surface area (Å²) in [6, 6.07) is 11.7. The van der Waals surface area contributed by atoms with Gasteiger partial charge < -0.3 is 10.3 Å². The summed E-state index contributed by atoms with van der Waals surface area (Å²) in [5.74, 6) is 0. The third-order valence-electron chi connectivity index (χ3n) is 4.76. The van der Waals surface area contributed by atoms with Gasteiger partial charge in [-0.25, -0.2) is 5.01 Å². The predicted molar refractivity (Wildman–Crippen MR) is 127 cm³/mol. The topological polar surface area (TPSA) is 42.3 Å². The fourth-order valence-electron chi connectivity index (χ4n) is 3.36. The first-order valence-corrected chi connectivity index (χ1v) is 11.4. The lowest BCUT2D eigenvalue weighted by Gasteiger charge is -2.29. The first-order valence-electron chi connectivity index (χ1n) is 9.40. The van der Waals surface area contributed by atoms with Crippen LogP contribution in [0.4, 0.5) is 5.69 Å². The minimum atomic E-state index is 0.366. The average Bonchev–Trinajstić information content (AvgIpc) is 3.22. The van der Waals surface area contributed by atoms with Gasteiger partial charge in [-0.05, 0) is 42.5 Å². The molecule has 0 aliphatic carbocycles. The molecule has 0 radical (unpaired) electrons. The second kappa shape index (κ2) is 10.4. The van der Waals surface area contributed by atoms with Crippen LogP contribution >= 0.6 is 46.8 Å². The molecule has 29 heavy (non-hydrogen) atoms. The zero-order chi connectivity index (χ0) is 20.8. The van der Waals surface area contributed by atoms with Gasteiger partial charge in [-0.1, -0.05) is 47.9 Å². The van der Waals surface area contributed by atoms with Gasteiger partial charge in [0.1, 0.15) is 0 Å². The van der Waals surface area contributed by atoms with Gasteiger partial charge in [-0.15, -0.1) is 11.3 Å². The average molecular weight is 465 g/mol. The number of nitrogens with zero attached hydrogens (tertiary/aromatic N) is 3. The zero-order valence-electron chi connectivity index (χ0n) is 16.1. The summed E-state index contributed by atoms with van der Waals surface area (Å²) >= 11 is 19.6. The molecular weight excluding hydrogens is 443 g/mol. The van der Waals surface area contributed by atoms with Gasteiger partial charge in [0.15, 0.2) is 0 Å². The van der Waals surface area contributed by atoms with Crippen molar-refractivity contribution < 1.29 is 0 Å². The summed E-state index contributed by atoms with van der Waals surface area (Å²) in [5, 5.41) is 15.2. The Morgan fingerprint density at radius 1 is 1.28 bits per heavy atom. The van der Waals surface area contributed by atoms with Crippen molar-refractivity contribution >= 4 is 63.1 Å². The molecule has 0 atom stereocenters. The number of halogens is 2. The fourth-order valence-corrected chi connectivity index (χ4v) is 5.00. The molecule has 2 aromatic rings. The number of nitriles is 1. The Morgan fingerprint density at radius 3 is 2.66 bits per heavy atom. The van der Waals surface area contributed by atoms with Gasteiger partial charge in [0.25, 0.3) is 0 Å². The van der Waals surface area contributed by atoms with Crippen molar-refractivity contribution in [3.05, 3.63) is 56.2 Å². The molecule has 1 aliphatic heterocycles. The monoisotopic (exact) mass is 464 g/mol. The van der Waals surface area contributed by atoms with E-state index in [1.807, 2.05) is 35.5 Å². The van der Waals surface area contributed by atoms with E-state index in [-0.39, 0.29) is 0 Å². The lowest BCUT2D eigenvalue weighted by atomic mass is 10.1. The maximum atomic E-state index is 9.97. The molecule has 1 N–H and O–H groups in total. The Labute approximate surface area is 191 Å². The van der Waals surface area contributed by atoms with Gasteiger partial charge in [0.05, 0.1) is 37.9 Å². The number of nitrogens with one attached hydrogen (secondary N) is 1. The summed E-state index contributed by atoms with van der Waals surface area (Å²) in [5.41, 5.74) is 5.48. The summed E-state index contributed by atoms with van der Waals surface area (Å²) in [6.07, 6.45) is 3.94. The van der Waals surface area contributed by atoms with Crippen LogP contribution in [0.1, 0.15) is 30.6 Å². The SMILES string of the molecule is CN(/C(=C(/C#N)CC(=S)NN1CCCCC1)c1cccs1)c1ccc(Cl)cc1Cl. The molecule has 1 aromatic heterocycles. The summed E-state index contributed by atoms with van der Waals surface area (Å²) < 4.78 is 0. The van der Waals surface area contributed by atoms with E-state index >= 15 is 0 Å². The van der Waals surface area contributed by atoms with E-state index in [1.54, 1.807) is 23.5 Å². The van der Waals surface area contributed by atoms with Crippen LogP contribution in [0.3, 0.4) is 0 Å². The number of thiophene rings is 1. The van der Waals surface area contributed by atoms with Gasteiger partial charge >= 0.3 is 0 Å². The van der Waals surface area contributed by atoms with Crippen molar-refractivity contribution in [2.75, 3.05) is 25.0 Å². The molecule has 0 unspecified atom stereocenters. The quantitative estimate of drug-likeness (QED) is 0.410. The minimum absolute atomic E-state index is 0.366. The Morgan fingerprint density at radius 2 is 2.03 bits per heavy atom. The number of rotatable bonds is 6. The van der Waals surface area contributed by atoms with Gasteiger partial charge in [0.2, 0.25) is 0 Å². The molecule has 0 bridgehead atoms. The number of hydrogen-bond acceptors (Lipinski definition) is 5. The molecule has 2 heterocycles. The lowest BCUT2D eigenvalue weighted by Crippen LogP contribution is -2.44. The third kappa shape index (κ3) is 5.71. The first-order chi connectivity index (χ1) is 14.0. The van der Waals surface area contributed by atoms with Gasteiger partial charge in [-0.2, -0.15) is 5.26 Å². The molecule has 0 amide bonds. The Bertz CT molecular complexity index is 929. The Balaban J connectivity index is 1.91. The van der Waals surface area contributed by atoms with Crippen molar-refractivity contribution in [3.63, 3.8) is 0 Å². The Kier molecular flexibility index (Phi) is 7.93. The maximum Gasteiger partial charge on any atom is 0.0974 e. The van der Waals surface area contributed by atoms with E-state index in [4.69, 9.17) is 35.4 Å². The van der Waals surface area contributed by atoms with E-state index in [2.05, 4.69) is 16.5 Å². The number of hydrogen-bond donors (Lipinski definition) is 1. The van der Waals surface area contributed by atoms with Crippen molar-refractivity contribution in [1.82, 2.24) is 10.4 Å². The lowest BCUT2D eigenvalue weighted by molar-refractivity contribution is 0.195. The van der Waals surface area contributed by atoms with E-state index in [0.29, 0.717) is 27.0 Å². The van der Waals surface area contributed by atoms with Crippen molar-refractivity contribution in [3.8, 4) is 6.07 Å². The zero-order valence-corrected chi connectivity index (χ0v) is 19.3. The van der Waals surface area contributed by atoms with Crippen LogP contribution in [0.2, 0.25) is 10.0 Å². The molecule has 1 fully saturated rings. The van der Waals surface area contributed by atoms with E-state index in [1.165, 1.54) is 6.42 Å². The van der Waals surface area contributed by atoms with Gasteiger partial charge in [0, 0.05) is 31.6 Å². The number of piperidine rings is 1. The molecular formula is C21H22Cl2N4S2. The van der Waals surface area contributed by atoms with Crippen LogP contribution < -0.4 is 10.3 Å². The van der Waals surface area contributed by atoms with Crippen LogP contribution in [0.5, 0.6) is 0 Å². The van der Waals surface area contributed by atoms with E-state index < -0.39 is 0 Å². The highest BCUT2D eigenvalue weighted by Crippen LogP contribution is 2.36. The molecule has 1 saturated heterocycles. The van der Waals surface area contributed by atoms with Gasteiger partial charge in [-0.3, -0.25) is 0 Å². The number of thiocarbonyl (C=S) groups is 1. The summed E-state index contributed by atoms with van der Waals surface area (Å²) in [6.45, 7) is 1.95. The second-order valence-electron chi connectivity index (χ2n) is 6.83. The van der Waals surface area contributed by atoms with Crippen LogP contribution in [0, 0.1) is 11.3 Å². The highest BCUT2D eigenvalue weighted by atomic mass is 35.5. The van der Waals surface area contributed by atoms with Crippen molar-refractivity contribution in [2.24, 2.45) is 0 Å². The summed E-state index contributed by atoms with van der Waals surface area (Å²) in [4.78, 5) is 3.57. The highest BCUT2D eigenvalue weighted by Gasteiger charge is 2.20. The normalized spacial score (nSPS) is 15.4. The molecule has 152 valence electrons. The van der Waals surface area contributed by atoms with Crippen molar-refractivity contribution in [1.29, 1.82) is 5.26 Å².